The van der Waals surface area contributed by atoms with Gasteiger partial charge in [0.1, 0.15) is 0 Å². The summed E-state index contributed by atoms with van der Waals surface area (Å²) in [7, 11) is -0.310. The summed E-state index contributed by atoms with van der Waals surface area (Å²) in [4.78, 5) is 0.314. The van der Waals surface area contributed by atoms with Crippen LogP contribution in [-0.4, -0.2) is 44.6 Å². The van der Waals surface area contributed by atoms with Crippen molar-refractivity contribution in [2.75, 3.05) is 26.0 Å². The van der Waals surface area contributed by atoms with Crippen LogP contribution in [0, 0.1) is 13.8 Å². The first kappa shape index (κ1) is 15.9. The molecule has 0 bridgehead atoms. The molecule has 1 unspecified atom stereocenters. The summed E-state index contributed by atoms with van der Waals surface area (Å²) < 4.78 is 26.3. The maximum absolute atomic E-state index is 12.6. The van der Waals surface area contributed by atoms with Gasteiger partial charge in [-0.1, -0.05) is 0 Å². The van der Waals surface area contributed by atoms with Crippen molar-refractivity contribution in [1.82, 2.24) is 4.31 Å². The molecular weight excluding hydrogens is 264 g/mol. The second kappa shape index (κ2) is 5.90. The maximum atomic E-state index is 12.6. The Labute approximate surface area is 115 Å². The number of aliphatic hydroxyl groups is 1. The molecule has 0 aliphatic rings. The van der Waals surface area contributed by atoms with Crippen LogP contribution in [0.1, 0.15) is 18.1 Å². The van der Waals surface area contributed by atoms with Crippen molar-refractivity contribution in [3.05, 3.63) is 23.3 Å². The van der Waals surface area contributed by atoms with Gasteiger partial charge >= 0.3 is 0 Å². The predicted octanol–water partition coefficient (Wildman–Crippen LogP) is 1.35. The standard InChI is InChI=1S/C13H22N2O3S/c1-9-6-12(14-4)7-10(2)13(9)19(17,18)15(5)11(3)8-16/h6-7,11,14,16H,8H2,1-5H3. The zero-order valence-electron chi connectivity index (χ0n) is 12.1. The molecule has 0 heterocycles. The van der Waals surface area contributed by atoms with Crippen molar-refractivity contribution in [3.8, 4) is 0 Å². The number of hydrogen-bond donors (Lipinski definition) is 2. The predicted molar refractivity (Wildman–Crippen MR) is 77.0 cm³/mol. The van der Waals surface area contributed by atoms with E-state index in [1.807, 2.05) is 0 Å². The number of sulfonamides is 1. The highest BCUT2D eigenvalue weighted by Gasteiger charge is 2.28. The molecule has 1 aromatic rings. The number of aliphatic hydroxyl groups excluding tert-OH is 1. The SMILES string of the molecule is CNc1cc(C)c(S(=O)(=O)N(C)C(C)CO)c(C)c1. The topological polar surface area (TPSA) is 69.6 Å². The largest absolute Gasteiger partial charge is 0.395 e. The smallest absolute Gasteiger partial charge is 0.243 e. The van der Waals surface area contributed by atoms with Crippen molar-refractivity contribution in [2.45, 2.75) is 31.7 Å². The van der Waals surface area contributed by atoms with E-state index in [2.05, 4.69) is 5.32 Å². The minimum absolute atomic E-state index is 0.206. The van der Waals surface area contributed by atoms with E-state index in [0.29, 0.717) is 16.0 Å². The van der Waals surface area contributed by atoms with Gasteiger partial charge in [0, 0.05) is 25.8 Å². The third-order valence-electron chi connectivity index (χ3n) is 3.27. The van der Waals surface area contributed by atoms with Gasteiger partial charge in [0.2, 0.25) is 10.0 Å². The molecule has 0 aromatic heterocycles. The van der Waals surface area contributed by atoms with Gasteiger partial charge in [0.15, 0.2) is 0 Å². The Hall–Kier alpha value is -1.11. The quantitative estimate of drug-likeness (QED) is 0.857. The minimum atomic E-state index is -3.59. The molecule has 1 atom stereocenters. The molecule has 0 saturated heterocycles. The lowest BCUT2D eigenvalue weighted by Crippen LogP contribution is -2.37. The van der Waals surface area contributed by atoms with Crippen molar-refractivity contribution >= 4 is 15.7 Å². The molecule has 108 valence electrons. The lowest BCUT2D eigenvalue weighted by Gasteiger charge is -2.24. The summed E-state index contributed by atoms with van der Waals surface area (Å²) >= 11 is 0. The van der Waals surface area contributed by atoms with E-state index < -0.39 is 16.1 Å². The van der Waals surface area contributed by atoms with Gasteiger partial charge in [0.25, 0.3) is 0 Å². The summed E-state index contributed by atoms with van der Waals surface area (Å²) in [5, 5.41) is 12.1. The average molecular weight is 286 g/mol. The van der Waals surface area contributed by atoms with Crippen LogP contribution >= 0.6 is 0 Å². The molecule has 1 rings (SSSR count). The number of likely N-dealkylation sites (N-methyl/N-ethyl adjacent to an activating group) is 1. The van der Waals surface area contributed by atoms with Crippen molar-refractivity contribution in [1.29, 1.82) is 0 Å². The average Bonchev–Trinajstić information content (AvgIpc) is 2.35. The maximum Gasteiger partial charge on any atom is 0.243 e. The van der Waals surface area contributed by atoms with Gasteiger partial charge in [0.05, 0.1) is 11.5 Å². The van der Waals surface area contributed by atoms with Crippen LogP contribution < -0.4 is 5.32 Å². The molecule has 5 nitrogen and oxygen atoms in total. The van der Waals surface area contributed by atoms with E-state index in [-0.39, 0.29) is 6.61 Å². The van der Waals surface area contributed by atoms with E-state index in [9.17, 15) is 8.42 Å². The fraction of sp³-hybridized carbons (Fsp3) is 0.538. The zero-order valence-corrected chi connectivity index (χ0v) is 12.9. The zero-order chi connectivity index (χ0) is 14.8. The van der Waals surface area contributed by atoms with E-state index in [4.69, 9.17) is 5.11 Å². The first-order chi connectivity index (χ1) is 8.75. The molecule has 19 heavy (non-hydrogen) atoms. The van der Waals surface area contributed by atoms with Gasteiger partial charge < -0.3 is 10.4 Å². The van der Waals surface area contributed by atoms with Crippen molar-refractivity contribution in [3.63, 3.8) is 0 Å². The number of rotatable bonds is 5. The summed E-state index contributed by atoms with van der Waals surface area (Å²) in [6, 6.07) is 3.15. The third kappa shape index (κ3) is 3.08. The molecule has 2 N–H and O–H groups in total. The Bertz CT molecular complexity index is 532. The van der Waals surface area contributed by atoms with Gasteiger partial charge in [-0.25, -0.2) is 8.42 Å². The summed E-state index contributed by atoms with van der Waals surface area (Å²) in [6.45, 7) is 5.02. The van der Waals surface area contributed by atoms with Gasteiger partial charge in [-0.05, 0) is 44.0 Å². The summed E-state index contributed by atoms with van der Waals surface area (Å²) in [5.74, 6) is 0. The van der Waals surface area contributed by atoms with Crippen LogP contribution in [0.3, 0.4) is 0 Å². The third-order valence-corrected chi connectivity index (χ3v) is 5.55. The van der Waals surface area contributed by atoms with Crippen LogP contribution in [0.4, 0.5) is 5.69 Å². The Kier molecular flexibility index (Phi) is 4.95. The number of anilines is 1. The first-order valence-electron chi connectivity index (χ1n) is 6.13. The summed E-state index contributed by atoms with van der Waals surface area (Å²) in [5.41, 5.74) is 2.27. The highest BCUT2D eigenvalue weighted by molar-refractivity contribution is 7.89. The van der Waals surface area contributed by atoms with Crippen LogP contribution in [0.2, 0.25) is 0 Å². The Balaban J connectivity index is 3.37. The van der Waals surface area contributed by atoms with E-state index >= 15 is 0 Å². The number of aryl methyl sites for hydroxylation is 2. The van der Waals surface area contributed by atoms with Gasteiger partial charge in [-0.3, -0.25) is 0 Å². The van der Waals surface area contributed by atoms with Crippen LogP contribution in [-0.2, 0) is 10.0 Å². The lowest BCUT2D eigenvalue weighted by atomic mass is 10.1. The normalized spacial score (nSPS) is 13.6. The molecular formula is C13H22N2O3S. The minimum Gasteiger partial charge on any atom is -0.395 e. The fourth-order valence-electron chi connectivity index (χ4n) is 2.00. The van der Waals surface area contributed by atoms with Crippen LogP contribution in [0.5, 0.6) is 0 Å². The molecule has 0 fully saturated rings. The molecule has 0 aliphatic heterocycles. The first-order valence-corrected chi connectivity index (χ1v) is 7.57. The van der Waals surface area contributed by atoms with Crippen molar-refractivity contribution < 1.29 is 13.5 Å². The Morgan fingerprint density at radius 2 is 1.79 bits per heavy atom. The van der Waals surface area contributed by atoms with E-state index in [1.54, 1.807) is 40.0 Å². The molecule has 0 amide bonds. The fourth-order valence-corrected chi connectivity index (χ4v) is 3.76. The second-order valence-electron chi connectivity index (χ2n) is 4.74. The number of benzene rings is 1. The molecule has 0 aliphatic carbocycles. The lowest BCUT2D eigenvalue weighted by molar-refractivity contribution is 0.213. The molecule has 6 heteroatoms. The highest BCUT2D eigenvalue weighted by Crippen LogP contribution is 2.27. The van der Waals surface area contributed by atoms with E-state index in [0.717, 1.165) is 5.69 Å². The Morgan fingerprint density at radius 1 is 1.32 bits per heavy atom. The number of nitrogens with zero attached hydrogens (tertiary/aromatic N) is 1. The molecule has 0 spiro atoms. The molecule has 0 saturated carbocycles. The molecule has 0 radical (unpaired) electrons. The number of hydrogen-bond acceptors (Lipinski definition) is 4. The van der Waals surface area contributed by atoms with E-state index in [1.165, 1.54) is 11.4 Å². The van der Waals surface area contributed by atoms with Gasteiger partial charge in [-0.2, -0.15) is 4.31 Å². The van der Waals surface area contributed by atoms with Crippen molar-refractivity contribution in [2.24, 2.45) is 0 Å². The molecule has 1 aromatic carbocycles. The highest BCUT2D eigenvalue weighted by atomic mass is 32.2. The number of nitrogens with one attached hydrogen (secondary N) is 1. The van der Waals surface area contributed by atoms with Crippen LogP contribution in [0.15, 0.2) is 17.0 Å². The Morgan fingerprint density at radius 3 is 2.16 bits per heavy atom. The van der Waals surface area contributed by atoms with Gasteiger partial charge in [-0.15, -0.1) is 0 Å². The summed E-state index contributed by atoms with van der Waals surface area (Å²) in [6.07, 6.45) is 0. The second-order valence-corrected chi connectivity index (χ2v) is 6.68. The van der Waals surface area contributed by atoms with Crippen LogP contribution in [0.25, 0.3) is 0 Å². The monoisotopic (exact) mass is 286 g/mol.